The Hall–Kier alpha value is -0.163. The number of hydrogen-bond donors (Lipinski definition) is 0. The zero-order chi connectivity index (χ0) is 20.1. The molecule has 0 spiro atoms. The van der Waals surface area contributed by atoms with E-state index in [2.05, 4.69) is 39.5 Å². The zero-order valence-corrected chi connectivity index (χ0v) is 19.9. The molecule has 0 rings (SSSR count). The lowest BCUT2D eigenvalue weighted by Gasteiger charge is -2.26. The summed E-state index contributed by atoms with van der Waals surface area (Å²) in [5.41, 5.74) is 2.14. The van der Waals surface area contributed by atoms with Crippen LogP contribution in [0.3, 0.4) is 0 Å². The van der Waals surface area contributed by atoms with Gasteiger partial charge in [0.05, 0.1) is 0 Å². The minimum Gasteiger partial charge on any atom is -0.370 e. The molecule has 162 valence electrons. The van der Waals surface area contributed by atoms with Crippen LogP contribution in [0.2, 0.25) is 0 Å². The van der Waals surface area contributed by atoms with Crippen LogP contribution in [-0.4, -0.2) is 28.6 Å². The molecule has 0 saturated heterocycles. The normalized spacial score (nSPS) is 12.3. The van der Waals surface area contributed by atoms with Crippen LogP contribution in [0.25, 0.3) is 0 Å². The number of allylic oxidation sites excluding steroid dienone is 1. The molecule has 0 aliphatic rings. The summed E-state index contributed by atoms with van der Waals surface area (Å²) < 4.78 is 18.3. The van der Waals surface area contributed by atoms with Gasteiger partial charge in [-0.3, -0.25) is 0 Å². The third-order valence-corrected chi connectivity index (χ3v) is 7.03. The van der Waals surface area contributed by atoms with Crippen molar-refractivity contribution in [1.29, 1.82) is 0 Å². The summed E-state index contributed by atoms with van der Waals surface area (Å²) in [5.74, 6) is 0. The zero-order valence-electron chi connectivity index (χ0n) is 18.9. The second kappa shape index (κ2) is 20.6. The molecule has 0 aromatic heterocycles. The fraction of sp³-hybridized carbons (Fsp3) is 0.913. The van der Waals surface area contributed by atoms with E-state index in [1.807, 2.05) is 0 Å². The highest BCUT2D eigenvalue weighted by Gasteiger charge is 2.37. The van der Waals surface area contributed by atoms with Gasteiger partial charge >= 0.3 is 8.80 Å². The molecule has 3 nitrogen and oxygen atoms in total. The van der Waals surface area contributed by atoms with Crippen molar-refractivity contribution in [2.45, 2.75) is 118 Å². The maximum Gasteiger partial charge on any atom is 0.529 e. The highest BCUT2D eigenvalue weighted by atomic mass is 28.4. The third-order valence-electron chi connectivity index (χ3n) is 4.57. The van der Waals surface area contributed by atoms with Crippen molar-refractivity contribution in [2.24, 2.45) is 0 Å². The monoisotopic (exact) mass is 400 g/mol. The third kappa shape index (κ3) is 16.5. The summed E-state index contributed by atoms with van der Waals surface area (Å²) in [5, 5.41) is 0. The lowest BCUT2D eigenvalue weighted by atomic mass is 10.1. The largest absolute Gasteiger partial charge is 0.529 e. The van der Waals surface area contributed by atoms with Crippen LogP contribution in [0.1, 0.15) is 118 Å². The molecule has 0 N–H and O–H groups in total. The van der Waals surface area contributed by atoms with Crippen LogP contribution in [0.5, 0.6) is 0 Å². The molecular weight excluding hydrogens is 352 g/mol. The van der Waals surface area contributed by atoms with Gasteiger partial charge in [-0.2, -0.15) is 0 Å². The average molecular weight is 401 g/mol. The van der Waals surface area contributed by atoms with Gasteiger partial charge in [0.15, 0.2) is 0 Å². The van der Waals surface area contributed by atoms with E-state index in [4.69, 9.17) is 13.3 Å². The molecule has 0 atom stereocenters. The number of hydrogen-bond acceptors (Lipinski definition) is 3. The summed E-state index contributed by atoms with van der Waals surface area (Å²) >= 11 is 0. The van der Waals surface area contributed by atoms with Crippen molar-refractivity contribution in [2.75, 3.05) is 19.8 Å². The minimum atomic E-state index is -2.64. The predicted octanol–water partition coefficient (Wildman–Crippen LogP) is 7.61. The molecule has 0 aromatic carbocycles. The summed E-state index contributed by atoms with van der Waals surface area (Å²) in [6.07, 6.45) is 20.1. The molecule has 0 saturated carbocycles. The Kier molecular flexibility index (Phi) is 20.4. The van der Waals surface area contributed by atoms with Gasteiger partial charge in [0.1, 0.15) is 0 Å². The van der Waals surface area contributed by atoms with Crippen molar-refractivity contribution in [3.05, 3.63) is 11.8 Å². The van der Waals surface area contributed by atoms with E-state index in [1.165, 1.54) is 64.2 Å². The van der Waals surface area contributed by atoms with E-state index in [0.29, 0.717) is 19.8 Å². The fourth-order valence-electron chi connectivity index (χ4n) is 2.98. The quantitative estimate of drug-likeness (QED) is 0.146. The number of unbranched alkanes of at least 4 members (excludes halogenated alkanes) is 10. The van der Waals surface area contributed by atoms with Gasteiger partial charge in [-0.25, -0.2) is 0 Å². The van der Waals surface area contributed by atoms with Gasteiger partial charge in [-0.15, -0.1) is 0 Å². The van der Waals surface area contributed by atoms with E-state index >= 15 is 0 Å². The molecule has 0 radical (unpaired) electrons. The van der Waals surface area contributed by atoms with Crippen molar-refractivity contribution in [3.63, 3.8) is 0 Å². The highest BCUT2D eigenvalue weighted by Crippen LogP contribution is 2.16. The highest BCUT2D eigenvalue weighted by molar-refractivity contribution is 6.66. The Balaban J connectivity index is 4.06. The van der Waals surface area contributed by atoms with Gasteiger partial charge < -0.3 is 13.3 Å². The smallest absolute Gasteiger partial charge is 0.370 e. The van der Waals surface area contributed by atoms with Gasteiger partial charge in [-0.1, -0.05) is 91.6 Å². The summed E-state index contributed by atoms with van der Waals surface area (Å²) in [6, 6.07) is 0. The first-order valence-electron chi connectivity index (χ1n) is 11.8. The molecule has 0 unspecified atom stereocenters. The molecule has 27 heavy (non-hydrogen) atoms. The SMILES string of the molecule is CCCCCCCCCCCCC=C[Si](OCCC)(OCCC)OCCC. The molecule has 0 fully saturated rings. The molecule has 0 aliphatic carbocycles. The molecule has 0 bridgehead atoms. The van der Waals surface area contributed by atoms with E-state index in [-0.39, 0.29) is 0 Å². The first-order valence-corrected chi connectivity index (χ1v) is 13.6. The van der Waals surface area contributed by atoms with Crippen LogP contribution in [0.4, 0.5) is 0 Å². The maximum absolute atomic E-state index is 6.09. The molecule has 0 aromatic rings. The first kappa shape index (κ1) is 26.8. The van der Waals surface area contributed by atoms with Crippen molar-refractivity contribution >= 4 is 8.80 Å². The van der Waals surface area contributed by atoms with Crippen LogP contribution >= 0.6 is 0 Å². The molecular formula is C23H48O3Si. The Morgan fingerprint density at radius 2 is 0.926 bits per heavy atom. The number of rotatable bonds is 21. The maximum atomic E-state index is 6.09. The van der Waals surface area contributed by atoms with E-state index in [9.17, 15) is 0 Å². The summed E-state index contributed by atoms with van der Waals surface area (Å²) in [6.45, 7) is 10.8. The fourth-order valence-corrected chi connectivity index (χ4v) is 5.44. The second-order valence-electron chi connectivity index (χ2n) is 7.52. The van der Waals surface area contributed by atoms with E-state index in [0.717, 1.165) is 25.7 Å². The molecule has 0 heterocycles. The standard InChI is InChI=1S/C23H48O3Si/c1-5-9-10-11-12-13-14-15-16-17-18-19-23-27(24-20-6-2,25-21-7-3)26-22-8-4/h19,23H,5-18,20-22H2,1-4H3. The van der Waals surface area contributed by atoms with Gasteiger partial charge in [-0.05, 0) is 37.8 Å². The topological polar surface area (TPSA) is 27.7 Å². The van der Waals surface area contributed by atoms with E-state index < -0.39 is 8.80 Å². The van der Waals surface area contributed by atoms with Crippen LogP contribution in [-0.2, 0) is 13.3 Å². The predicted molar refractivity (Wildman–Crippen MR) is 120 cm³/mol. The first-order chi connectivity index (χ1) is 13.2. The van der Waals surface area contributed by atoms with Gasteiger partial charge in [0, 0.05) is 19.8 Å². The molecule has 0 aliphatic heterocycles. The molecule has 0 amide bonds. The Bertz CT molecular complexity index is 299. The van der Waals surface area contributed by atoms with Gasteiger partial charge in [0.2, 0.25) is 0 Å². The van der Waals surface area contributed by atoms with Crippen molar-refractivity contribution < 1.29 is 13.3 Å². The minimum absolute atomic E-state index is 0.711. The molecule has 4 heteroatoms. The summed E-state index contributed by atoms with van der Waals surface area (Å²) in [7, 11) is -2.64. The van der Waals surface area contributed by atoms with Crippen LogP contribution < -0.4 is 0 Å². The Morgan fingerprint density at radius 3 is 1.33 bits per heavy atom. The lowest BCUT2D eigenvalue weighted by molar-refractivity contribution is 0.0715. The van der Waals surface area contributed by atoms with E-state index in [1.54, 1.807) is 0 Å². The van der Waals surface area contributed by atoms with Crippen molar-refractivity contribution in [1.82, 2.24) is 0 Å². The summed E-state index contributed by atoms with van der Waals surface area (Å²) in [4.78, 5) is 0. The Morgan fingerprint density at radius 1 is 0.519 bits per heavy atom. The average Bonchev–Trinajstić information content (AvgIpc) is 2.69. The van der Waals surface area contributed by atoms with Crippen LogP contribution in [0, 0.1) is 0 Å². The Labute approximate surface area is 171 Å². The van der Waals surface area contributed by atoms with Gasteiger partial charge in [0.25, 0.3) is 0 Å². The second-order valence-corrected chi connectivity index (χ2v) is 9.93. The van der Waals surface area contributed by atoms with Crippen molar-refractivity contribution in [3.8, 4) is 0 Å². The van der Waals surface area contributed by atoms with Crippen LogP contribution in [0.15, 0.2) is 11.8 Å². The lowest BCUT2D eigenvalue weighted by Crippen LogP contribution is -2.45.